The maximum absolute atomic E-state index is 9.55. The Morgan fingerprint density at radius 3 is 2.70 bits per heavy atom. The minimum absolute atomic E-state index is 0.558. The Balaban J connectivity index is 0.000000226. The van der Waals surface area contributed by atoms with Crippen LogP contribution in [-0.2, 0) is 16.0 Å². The first-order valence-electron chi connectivity index (χ1n) is 8.82. The number of aliphatic carboxylic acids is 2. The quantitative estimate of drug-likeness (QED) is 0.756. The van der Waals surface area contributed by atoms with Crippen LogP contribution in [0.25, 0.3) is 11.6 Å². The van der Waals surface area contributed by atoms with Crippen LogP contribution in [0.4, 0.5) is 0 Å². The summed E-state index contributed by atoms with van der Waals surface area (Å²) in [5.41, 5.74) is 2.81. The number of rotatable bonds is 4. The van der Waals surface area contributed by atoms with E-state index in [0.29, 0.717) is 12.2 Å². The van der Waals surface area contributed by atoms with Gasteiger partial charge in [-0.1, -0.05) is 18.2 Å². The molecule has 1 aromatic heterocycles. The third-order valence-electron chi connectivity index (χ3n) is 4.67. The van der Waals surface area contributed by atoms with Crippen LogP contribution < -0.4 is 9.88 Å². The maximum Gasteiger partial charge on any atom is 0.328 e. The summed E-state index contributed by atoms with van der Waals surface area (Å²) in [7, 11) is 2.22. The van der Waals surface area contributed by atoms with E-state index in [1.165, 1.54) is 45.5 Å². The molecule has 1 aromatic rings. The minimum atomic E-state index is -1.26. The molecule has 2 heterocycles. The first-order valence-corrected chi connectivity index (χ1v) is 9.64. The van der Waals surface area contributed by atoms with Gasteiger partial charge in [0, 0.05) is 25.1 Å². The van der Waals surface area contributed by atoms with Gasteiger partial charge < -0.3 is 15.1 Å². The summed E-state index contributed by atoms with van der Waals surface area (Å²) in [6, 6.07) is 0. The van der Waals surface area contributed by atoms with Crippen LogP contribution in [0.2, 0.25) is 0 Å². The number of aromatic nitrogens is 1. The number of thiazole rings is 1. The molecule has 0 bridgehead atoms. The molecule has 0 amide bonds. The molecule has 2 aliphatic carbocycles. The molecular weight excluding hydrogens is 364 g/mol. The average molecular weight is 386 g/mol. The van der Waals surface area contributed by atoms with E-state index in [1.54, 1.807) is 0 Å². The van der Waals surface area contributed by atoms with E-state index in [0.717, 1.165) is 18.8 Å². The van der Waals surface area contributed by atoms with E-state index in [-0.39, 0.29) is 0 Å². The predicted octanol–water partition coefficient (Wildman–Crippen LogP) is 1.18. The number of fused-ring (bicyclic) bond motifs is 2. The van der Waals surface area contributed by atoms with Gasteiger partial charge in [-0.25, -0.2) is 14.6 Å². The Kier molecular flexibility index (Phi) is 6.03. The van der Waals surface area contributed by atoms with Gasteiger partial charge in [0.25, 0.3) is 0 Å². The molecule has 1 saturated heterocycles. The smallest absolute Gasteiger partial charge is 0.328 e. The van der Waals surface area contributed by atoms with Crippen molar-refractivity contribution < 1.29 is 19.8 Å². The summed E-state index contributed by atoms with van der Waals surface area (Å²) < 4.78 is 1.38. The third kappa shape index (κ3) is 5.02. The standard InChI is InChI=1S/C16H18N2S.C4H4O4/c1-18-7-6-11(10-18)8-15-17-16-13-5-3-2-4-12(13)9-14(16)19-15;5-3(6)1-2-4(7)8/h2-4,9,11H,5-8,10H2,1H3;1-2H,(H,5,6)(H,7,8). The molecule has 0 saturated carbocycles. The highest BCUT2D eigenvalue weighted by atomic mass is 32.1. The van der Waals surface area contributed by atoms with Gasteiger partial charge in [-0.05, 0) is 49.6 Å². The average Bonchev–Trinajstić information content (AvgIpc) is 3.28. The second kappa shape index (κ2) is 8.45. The van der Waals surface area contributed by atoms with Gasteiger partial charge in [0.2, 0.25) is 0 Å². The molecule has 1 atom stereocenters. The van der Waals surface area contributed by atoms with Crippen LogP contribution in [0.5, 0.6) is 0 Å². The number of carbonyl (C=O) groups is 2. The largest absolute Gasteiger partial charge is 0.478 e. The second-order valence-electron chi connectivity index (χ2n) is 6.83. The zero-order chi connectivity index (χ0) is 19.4. The van der Waals surface area contributed by atoms with Crippen molar-refractivity contribution in [2.45, 2.75) is 19.3 Å². The molecule has 0 aromatic carbocycles. The zero-order valence-corrected chi connectivity index (χ0v) is 15.9. The summed E-state index contributed by atoms with van der Waals surface area (Å²) in [6.07, 6.45) is 13.6. The third-order valence-corrected chi connectivity index (χ3v) is 5.70. The number of hydrogen-bond acceptors (Lipinski definition) is 5. The number of allylic oxidation sites excluding steroid dienone is 4. The number of nitrogens with zero attached hydrogens (tertiary/aromatic N) is 2. The second-order valence-corrected chi connectivity index (χ2v) is 7.94. The summed E-state index contributed by atoms with van der Waals surface area (Å²) in [5.74, 6) is -1.71. The molecule has 1 fully saturated rings. The summed E-state index contributed by atoms with van der Waals surface area (Å²) in [5, 5.41) is 18.2. The van der Waals surface area contributed by atoms with Gasteiger partial charge >= 0.3 is 11.9 Å². The maximum atomic E-state index is 9.55. The lowest BCUT2D eigenvalue weighted by atomic mass is 10.0. The van der Waals surface area contributed by atoms with Crippen LogP contribution in [-0.4, -0.2) is 52.2 Å². The number of hydrogen-bond donors (Lipinski definition) is 2. The highest BCUT2D eigenvalue weighted by molar-refractivity contribution is 7.09. The van der Waals surface area contributed by atoms with Crippen molar-refractivity contribution in [3.63, 3.8) is 0 Å². The van der Waals surface area contributed by atoms with Crippen LogP contribution in [0.1, 0.15) is 17.8 Å². The fraction of sp³-hybridized carbons (Fsp3) is 0.350. The summed E-state index contributed by atoms with van der Waals surface area (Å²) in [6.45, 7) is 2.48. The highest BCUT2D eigenvalue weighted by Gasteiger charge is 2.22. The van der Waals surface area contributed by atoms with Crippen LogP contribution in [0.3, 0.4) is 0 Å². The van der Waals surface area contributed by atoms with Crippen molar-refractivity contribution in [2.24, 2.45) is 5.92 Å². The van der Waals surface area contributed by atoms with E-state index in [1.807, 2.05) is 11.3 Å². The van der Waals surface area contributed by atoms with Gasteiger partial charge in [-0.15, -0.1) is 11.3 Å². The predicted molar refractivity (Wildman–Crippen MR) is 105 cm³/mol. The Hall–Kier alpha value is -2.51. The number of carboxylic acids is 2. The number of carboxylic acid groups (broad SMARTS) is 2. The molecule has 0 spiro atoms. The van der Waals surface area contributed by atoms with Crippen LogP contribution >= 0.6 is 11.3 Å². The van der Waals surface area contributed by atoms with E-state index >= 15 is 0 Å². The van der Waals surface area contributed by atoms with E-state index in [9.17, 15) is 9.59 Å². The lowest BCUT2D eigenvalue weighted by Crippen LogP contribution is -2.19. The Morgan fingerprint density at radius 1 is 1.33 bits per heavy atom. The topological polar surface area (TPSA) is 90.7 Å². The van der Waals surface area contributed by atoms with Gasteiger partial charge in [0.1, 0.15) is 0 Å². The SMILES string of the molecule is CN1CCC(Cc2nc3c(s2)=CC2=CC=CCC=32)C1.O=C(O)C=CC(=O)O. The Morgan fingerprint density at radius 2 is 2.07 bits per heavy atom. The molecule has 1 aliphatic heterocycles. The molecule has 27 heavy (non-hydrogen) atoms. The number of likely N-dealkylation sites (tertiary alicyclic amines) is 1. The normalized spacial score (nSPS) is 20.6. The van der Waals surface area contributed by atoms with Gasteiger partial charge in [0.15, 0.2) is 0 Å². The Labute approximate surface area is 161 Å². The lowest BCUT2D eigenvalue weighted by Gasteiger charge is -2.08. The molecule has 6 nitrogen and oxygen atoms in total. The first kappa shape index (κ1) is 19.3. The minimum Gasteiger partial charge on any atom is -0.478 e. The molecule has 7 heteroatoms. The molecule has 142 valence electrons. The van der Waals surface area contributed by atoms with Gasteiger partial charge in [-0.2, -0.15) is 0 Å². The van der Waals surface area contributed by atoms with Crippen molar-refractivity contribution in [3.05, 3.63) is 50.8 Å². The van der Waals surface area contributed by atoms with Crippen molar-refractivity contribution in [2.75, 3.05) is 20.1 Å². The molecular formula is C20H22N2O4S. The summed E-state index contributed by atoms with van der Waals surface area (Å²) in [4.78, 5) is 26.5. The molecule has 3 aliphatic rings. The van der Waals surface area contributed by atoms with Crippen molar-refractivity contribution >= 4 is 34.9 Å². The fourth-order valence-corrected chi connectivity index (χ4v) is 4.61. The van der Waals surface area contributed by atoms with E-state index < -0.39 is 11.9 Å². The van der Waals surface area contributed by atoms with Gasteiger partial charge in [0.05, 0.1) is 14.9 Å². The molecule has 4 rings (SSSR count). The van der Waals surface area contributed by atoms with Gasteiger partial charge in [-0.3, -0.25) is 0 Å². The fourth-order valence-electron chi connectivity index (χ4n) is 3.45. The van der Waals surface area contributed by atoms with Crippen LogP contribution in [0.15, 0.2) is 36.0 Å². The molecule has 0 radical (unpaired) electrons. The Bertz CT molecular complexity index is 939. The first-order chi connectivity index (χ1) is 12.9. The monoisotopic (exact) mass is 386 g/mol. The zero-order valence-electron chi connectivity index (χ0n) is 15.1. The van der Waals surface area contributed by atoms with Crippen molar-refractivity contribution in [1.29, 1.82) is 0 Å². The lowest BCUT2D eigenvalue weighted by molar-refractivity contribution is -0.134. The summed E-state index contributed by atoms with van der Waals surface area (Å²) >= 11 is 1.90. The molecule has 1 unspecified atom stereocenters. The van der Waals surface area contributed by atoms with Crippen molar-refractivity contribution in [3.8, 4) is 0 Å². The molecule has 2 N–H and O–H groups in total. The van der Waals surface area contributed by atoms with E-state index in [2.05, 4.69) is 36.3 Å². The van der Waals surface area contributed by atoms with Crippen LogP contribution in [0, 0.1) is 5.92 Å². The van der Waals surface area contributed by atoms with E-state index in [4.69, 9.17) is 15.2 Å². The highest BCUT2D eigenvalue weighted by Crippen LogP contribution is 2.24. The van der Waals surface area contributed by atoms with Crippen molar-refractivity contribution in [1.82, 2.24) is 9.88 Å².